The van der Waals surface area contributed by atoms with E-state index >= 15 is 0 Å². The van der Waals surface area contributed by atoms with Crippen molar-refractivity contribution in [2.75, 3.05) is 39.4 Å². The maximum absolute atomic E-state index is 13.4. The van der Waals surface area contributed by atoms with Crippen LogP contribution in [0.5, 0.6) is 0 Å². The Morgan fingerprint density at radius 2 is 1.97 bits per heavy atom. The fourth-order valence-corrected chi connectivity index (χ4v) is 4.57. The van der Waals surface area contributed by atoms with Gasteiger partial charge in [-0.25, -0.2) is 0 Å². The molecule has 1 amide bonds. The number of aromatic nitrogens is 1. The van der Waals surface area contributed by atoms with E-state index in [2.05, 4.69) is 9.88 Å². The van der Waals surface area contributed by atoms with E-state index in [1.807, 2.05) is 12.1 Å². The second kappa shape index (κ2) is 8.42. The monoisotopic (exact) mass is 439 g/mol. The molecule has 2 aromatic heterocycles. The van der Waals surface area contributed by atoms with Crippen LogP contribution in [0.3, 0.4) is 0 Å². The van der Waals surface area contributed by atoms with E-state index in [-0.39, 0.29) is 17.1 Å². The maximum atomic E-state index is 13.4. The number of hydrogen-bond acceptors (Lipinski definition) is 6. The summed E-state index contributed by atoms with van der Waals surface area (Å²) in [5.41, 5.74) is 1.28. The van der Waals surface area contributed by atoms with Gasteiger partial charge in [0.05, 0.1) is 30.2 Å². The number of rotatable bonds is 5. The smallest absolute Gasteiger partial charge is 0.290 e. The van der Waals surface area contributed by atoms with Crippen molar-refractivity contribution in [1.82, 2.24) is 14.8 Å². The first kappa shape index (κ1) is 20.2. The molecule has 1 aromatic carbocycles. The third-order valence-electron chi connectivity index (χ3n) is 5.90. The molecule has 1 fully saturated rings. The third kappa shape index (κ3) is 3.73. The number of morpholine rings is 1. The van der Waals surface area contributed by atoms with Crippen LogP contribution in [0.4, 0.5) is 0 Å². The molecule has 0 N–H and O–H groups in total. The van der Waals surface area contributed by atoms with Crippen LogP contribution in [0.15, 0.2) is 51.9 Å². The Morgan fingerprint density at radius 1 is 1.13 bits per heavy atom. The van der Waals surface area contributed by atoms with E-state index in [4.69, 9.17) is 20.8 Å². The quantitative estimate of drug-likeness (QED) is 0.608. The van der Waals surface area contributed by atoms with Crippen molar-refractivity contribution in [3.8, 4) is 0 Å². The number of ether oxygens (including phenoxy) is 1. The topological polar surface area (TPSA) is 75.9 Å². The first-order valence-electron chi connectivity index (χ1n) is 10.4. The average Bonchev–Trinajstić information content (AvgIpc) is 3.08. The maximum Gasteiger partial charge on any atom is 0.290 e. The largest absolute Gasteiger partial charge is 0.450 e. The summed E-state index contributed by atoms with van der Waals surface area (Å²) in [7, 11) is 0. The molecule has 0 radical (unpaired) electrons. The van der Waals surface area contributed by atoms with Gasteiger partial charge in [-0.2, -0.15) is 0 Å². The van der Waals surface area contributed by atoms with E-state index in [1.165, 1.54) is 0 Å². The first-order valence-corrected chi connectivity index (χ1v) is 10.8. The summed E-state index contributed by atoms with van der Waals surface area (Å²) in [6.07, 6.45) is 4.16. The van der Waals surface area contributed by atoms with Crippen LogP contribution in [-0.4, -0.2) is 60.1 Å². The van der Waals surface area contributed by atoms with Gasteiger partial charge in [-0.05, 0) is 36.2 Å². The molecule has 2 aliphatic heterocycles. The zero-order chi connectivity index (χ0) is 21.4. The Kier molecular flexibility index (Phi) is 5.48. The second-order valence-corrected chi connectivity index (χ2v) is 8.25. The molecular weight excluding hydrogens is 418 g/mol. The van der Waals surface area contributed by atoms with E-state index in [0.29, 0.717) is 28.1 Å². The molecule has 31 heavy (non-hydrogen) atoms. The average molecular weight is 440 g/mol. The van der Waals surface area contributed by atoms with Crippen LogP contribution in [0.2, 0.25) is 5.02 Å². The van der Waals surface area contributed by atoms with Crippen LogP contribution in [0.1, 0.15) is 34.1 Å². The lowest BCUT2D eigenvalue weighted by atomic mass is 10.00. The lowest BCUT2D eigenvalue weighted by Crippen LogP contribution is -2.38. The number of hydrogen-bond donors (Lipinski definition) is 0. The van der Waals surface area contributed by atoms with Crippen molar-refractivity contribution in [3.05, 3.63) is 74.9 Å². The molecule has 1 saturated heterocycles. The van der Waals surface area contributed by atoms with E-state index < -0.39 is 6.04 Å². The van der Waals surface area contributed by atoms with E-state index in [9.17, 15) is 9.59 Å². The van der Waals surface area contributed by atoms with Gasteiger partial charge < -0.3 is 14.1 Å². The van der Waals surface area contributed by atoms with Crippen molar-refractivity contribution in [2.45, 2.75) is 12.5 Å². The highest BCUT2D eigenvalue weighted by atomic mass is 35.5. The summed E-state index contributed by atoms with van der Waals surface area (Å²) in [6.45, 7) is 4.64. The molecule has 5 rings (SSSR count). The number of halogens is 1. The SMILES string of the molecule is O=C1c2oc3ccc(Cl)cc3c(=O)c2C(c2cccnc2)N1CCCN1CCOCC1. The fraction of sp³-hybridized carbons (Fsp3) is 0.348. The molecule has 8 heteroatoms. The summed E-state index contributed by atoms with van der Waals surface area (Å²) >= 11 is 6.11. The fourth-order valence-electron chi connectivity index (χ4n) is 4.40. The van der Waals surface area contributed by atoms with Crippen LogP contribution in [0, 0.1) is 0 Å². The molecule has 1 unspecified atom stereocenters. The van der Waals surface area contributed by atoms with Crippen molar-refractivity contribution >= 4 is 28.5 Å². The number of carbonyl (C=O) groups is 1. The molecule has 3 aromatic rings. The van der Waals surface area contributed by atoms with Gasteiger partial charge in [0.15, 0.2) is 5.43 Å². The molecule has 4 heterocycles. The molecule has 2 aliphatic rings. The van der Waals surface area contributed by atoms with Gasteiger partial charge in [0.2, 0.25) is 5.76 Å². The lowest BCUT2D eigenvalue weighted by Gasteiger charge is -2.29. The van der Waals surface area contributed by atoms with Crippen molar-refractivity contribution in [2.24, 2.45) is 0 Å². The van der Waals surface area contributed by atoms with Crippen LogP contribution >= 0.6 is 11.6 Å². The van der Waals surface area contributed by atoms with Crippen LogP contribution < -0.4 is 5.43 Å². The van der Waals surface area contributed by atoms with Crippen LogP contribution in [0.25, 0.3) is 11.0 Å². The summed E-state index contributed by atoms with van der Waals surface area (Å²) in [4.78, 5) is 35.0. The second-order valence-electron chi connectivity index (χ2n) is 7.81. The summed E-state index contributed by atoms with van der Waals surface area (Å²) in [6, 6.07) is 8.04. The minimum absolute atomic E-state index is 0.111. The Morgan fingerprint density at radius 3 is 2.74 bits per heavy atom. The molecule has 1 atom stereocenters. The van der Waals surface area contributed by atoms with Gasteiger partial charge in [0, 0.05) is 43.6 Å². The van der Waals surface area contributed by atoms with Gasteiger partial charge in [-0.1, -0.05) is 17.7 Å². The van der Waals surface area contributed by atoms with Gasteiger partial charge >= 0.3 is 0 Å². The Bertz CT molecular complexity index is 1170. The predicted octanol–water partition coefficient (Wildman–Crippen LogP) is 3.11. The Hall–Kier alpha value is -2.74. The molecular formula is C23H22ClN3O4. The predicted molar refractivity (Wildman–Crippen MR) is 116 cm³/mol. The van der Waals surface area contributed by atoms with Gasteiger partial charge in [-0.3, -0.25) is 19.5 Å². The van der Waals surface area contributed by atoms with E-state index in [0.717, 1.165) is 44.8 Å². The summed E-state index contributed by atoms with van der Waals surface area (Å²) < 4.78 is 11.3. The number of nitrogens with zero attached hydrogens (tertiary/aromatic N) is 3. The molecule has 7 nitrogen and oxygen atoms in total. The molecule has 160 valence electrons. The zero-order valence-corrected chi connectivity index (χ0v) is 17.7. The Labute approximate surface area is 184 Å². The number of fused-ring (bicyclic) bond motifs is 2. The summed E-state index contributed by atoms with van der Waals surface area (Å²) in [5, 5.41) is 0.826. The van der Waals surface area contributed by atoms with Crippen LogP contribution in [-0.2, 0) is 4.74 Å². The highest BCUT2D eigenvalue weighted by molar-refractivity contribution is 6.31. The molecule has 0 aliphatic carbocycles. The minimum atomic E-state index is -0.527. The van der Waals surface area contributed by atoms with Gasteiger partial charge in [-0.15, -0.1) is 0 Å². The van der Waals surface area contributed by atoms with Crippen molar-refractivity contribution in [3.63, 3.8) is 0 Å². The normalized spacial score (nSPS) is 19.2. The summed E-state index contributed by atoms with van der Waals surface area (Å²) in [5.74, 6) is -0.153. The molecule has 0 saturated carbocycles. The zero-order valence-electron chi connectivity index (χ0n) is 16.9. The molecule has 0 spiro atoms. The first-order chi connectivity index (χ1) is 15.1. The third-order valence-corrected chi connectivity index (χ3v) is 6.14. The van der Waals surface area contributed by atoms with Crippen molar-refractivity contribution in [1.29, 1.82) is 0 Å². The van der Waals surface area contributed by atoms with Gasteiger partial charge in [0.1, 0.15) is 5.58 Å². The molecule has 0 bridgehead atoms. The highest BCUT2D eigenvalue weighted by Crippen LogP contribution is 2.38. The number of amides is 1. The standard InChI is InChI=1S/C23H22ClN3O4/c24-16-4-5-18-17(13-16)21(28)19-20(15-3-1-6-25-14-15)27(23(29)22(19)31-18)8-2-7-26-9-11-30-12-10-26/h1,3-6,13-14,20H,2,7-12H2. The minimum Gasteiger partial charge on any atom is -0.450 e. The number of benzene rings is 1. The Balaban J connectivity index is 1.52. The number of pyridine rings is 1. The highest BCUT2D eigenvalue weighted by Gasteiger charge is 2.42. The van der Waals surface area contributed by atoms with Crippen molar-refractivity contribution < 1.29 is 13.9 Å². The lowest BCUT2D eigenvalue weighted by molar-refractivity contribution is 0.0353. The van der Waals surface area contributed by atoms with Gasteiger partial charge in [0.25, 0.3) is 5.91 Å². The number of carbonyl (C=O) groups excluding carboxylic acids is 1. The van der Waals surface area contributed by atoms with E-state index in [1.54, 1.807) is 35.5 Å².